The summed E-state index contributed by atoms with van der Waals surface area (Å²) in [6.07, 6.45) is 6.02. The highest BCUT2D eigenvalue weighted by molar-refractivity contribution is 5.95. The first-order chi connectivity index (χ1) is 12.1. The molecular weight excluding hydrogens is 316 g/mol. The molecule has 1 spiro atoms. The summed E-state index contributed by atoms with van der Waals surface area (Å²) in [4.78, 5) is 17.1. The third-order valence-corrected chi connectivity index (χ3v) is 6.81. The number of carbonyl (C=O) groups excluding carboxylic acids is 1. The second-order valence-corrected chi connectivity index (χ2v) is 7.36. The van der Waals surface area contributed by atoms with Gasteiger partial charge in [-0.15, -0.1) is 0 Å². The number of fused-ring (bicyclic) bond motifs is 1. The van der Waals surface area contributed by atoms with Gasteiger partial charge in [0.1, 0.15) is 5.66 Å². The van der Waals surface area contributed by atoms with Gasteiger partial charge in [-0.1, -0.05) is 36.4 Å². The van der Waals surface area contributed by atoms with Crippen LogP contribution in [0.5, 0.6) is 0 Å². The maximum atomic E-state index is 12.9. The summed E-state index contributed by atoms with van der Waals surface area (Å²) in [5, 5.41) is 11.2. The molecule has 25 heavy (non-hydrogen) atoms. The molecule has 1 aromatic carbocycles. The molecule has 130 valence electrons. The maximum Gasteiger partial charge on any atom is 0.415 e. The van der Waals surface area contributed by atoms with Crippen LogP contribution in [-0.4, -0.2) is 48.1 Å². The summed E-state index contributed by atoms with van der Waals surface area (Å²) < 4.78 is 5.20. The maximum absolute atomic E-state index is 12.9. The lowest BCUT2D eigenvalue weighted by atomic mass is 9.61. The Balaban J connectivity index is 1.89. The molecule has 4 atom stereocenters. The Labute approximate surface area is 147 Å². The number of benzene rings is 1. The van der Waals surface area contributed by atoms with Crippen molar-refractivity contribution in [3.8, 4) is 0 Å². The number of nitrogens with zero attached hydrogens (tertiary/aromatic N) is 2. The van der Waals surface area contributed by atoms with Crippen molar-refractivity contribution in [2.45, 2.75) is 30.5 Å². The molecule has 5 rings (SSSR count). The van der Waals surface area contributed by atoms with Gasteiger partial charge in [0.15, 0.2) is 0 Å². The van der Waals surface area contributed by atoms with Crippen LogP contribution in [0.4, 0.5) is 10.5 Å². The molecule has 3 aliphatic heterocycles. The number of carbonyl (C=O) groups is 1. The molecule has 0 bridgehead atoms. The van der Waals surface area contributed by atoms with Crippen molar-refractivity contribution in [3.05, 3.63) is 53.6 Å². The zero-order chi connectivity index (χ0) is 17.4. The summed E-state index contributed by atoms with van der Waals surface area (Å²) in [5.74, 6) is 0.0647. The van der Waals surface area contributed by atoms with Crippen LogP contribution in [0.1, 0.15) is 18.9 Å². The molecule has 1 aliphatic carbocycles. The van der Waals surface area contributed by atoms with Crippen LogP contribution >= 0.6 is 0 Å². The summed E-state index contributed by atoms with van der Waals surface area (Å²) in [6, 6.07) is 7.98. The fraction of sp³-hybridized carbons (Fsp3) is 0.450. The predicted octanol–water partition coefficient (Wildman–Crippen LogP) is 2.42. The van der Waals surface area contributed by atoms with Gasteiger partial charge in [0, 0.05) is 19.0 Å². The number of amides is 1. The van der Waals surface area contributed by atoms with E-state index in [-0.39, 0.29) is 12.0 Å². The van der Waals surface area contributed by atoms with Crippen molar-refractivity contribution in [1.82, 2.24) is 4.90 Å². The lowest BCUT2D eigenvalue weighted by Gasteiger charge is -2.52. The van der Waals surface area contributed by atoms with Crippen molar-refractivity contribution >= 4 is 11.8 Å². The number of rotatable bonds is 0. The molecule has 0 unspecified atom stereocenters. The zero-order valence-electron chi connectivity index (χ0n) is 14.5. The van der Waals surface area contributed by atoms with Crippen LogP contribution in [0.3, 0.4) is 0 Å². The van der Waals surface area contributed by atoms with E-state index in [1.165, 1.54) is 12.7 Å². The number of para-hydroxylation sites is 1. The highest BCUT2D eigenvalue weighted by atomic mass is 16.5. The Morgan fingerprint density at radius 1 is 1.36 bits per heavy atom. The highest BCUT2D eigenvalue weighted by Gasteiger charge is 2.77. The van der Waals surface area contributed by atoms with E-state index >= 15 is 0 Å². The number of ether oxygens (including phenoxy) is 1. The van der Waals surface area contributed by atoms with Crippen LogP contribution in [-0.2, 0) is 10.2 Å². The number of hydrogen-bond donors (Lipinski definition) is 1. The standard InChI is InChI=1S/C20H22N2O3/c1-3-13-12-21-11-10-19-15-6-4-5-7-16(15)22(18(24)25-2)20(19,21)14(13)8-9-17(19)23/h3-9,14,17,23H,10-12H2,1-2H3/b13-3+/t14-,17-,19+,20-/m1/s1. The van der Waals surface area contributed by atoms with Crippen molar-refractivity contribution in [3.63, 3.8) is 0 Å². The minimum absolute atomic E-state index is 0.0647. The van der Waals surface area contributed by atoms with Crippen LogP contribution < -0.4 is 4.90 Å². The number of hydrogen-bond acceptors (Lipinski definition) is 4. The number of anilines is 1. The van der Waals surface area contributed by atoms with Gasteiger partial charge >= 0.3 is 6.09 Å². The summed E-state index contributed by atoms with van der Waals surface area (Å²) >= 11 is 0. The predicted molar refractivity (Wildman–Crippen MR) is 94.3 cm³/mol. The lowest BCUT2D eigenvalue weighted by molar-refractivity contribution is 0.0189. The SMILES string of the molecule is C/C=C1\CN2CC[C@@]34c5ccccc5N(C(=O)OC)[C@@]23[C@@H]1C=C[C@H]4O. The van der Waals surface area contributed by atoms with Crippen LogP contribution in [0.25, 0.3) is 0 Å². The van der Waals surface area contributed by atoms with E-state index in [9.17, 15) is 9.90 Å². The minimum atomic E-state index is -0.624. The molecule has 0 saturated carbocycles. The molecule has 1 amide bonds. The third kappa shape index (κ3) is 1.39. The quantitative estimate of drug-likeness (QED) is 0.738. The summed E-state index contributed by atoms with van der Waals surface area (Å²) in [5.41, 5.74) is 2.10. The number of allylic oxidation sites excluding steroid dienone is 1. The molecule has 2 saturated heterocycles. The third-order valence-electron chi connectivity index (χ3n) is 6.81. The Morgan fingerprint density at radius 3 is 2.92 bits per heavy atom. The average Bonchev–Trinajstić information content (AvgIpc) is 3.22. The van der Waals surface area contributed by atoms with Gasteiger partial charge in [0.2, 0.25) is 0 Å². The Hall–Kier alpha value is -2.11. The van der Waals surface area contributed by atoms with Gasteiger partial charge in [0.25, 0.3) is 0 Å². The fourth-order valence-corrected chi connectivity index (χ4v) is 6.00. The summed E-state index contributed by atoms with van der Waals surface area (Å²) in [6.45, 7) is 3.73. The Kier molecular flexibility index (Phi) is 2.88. The van der Waals surface area contributed by atoms with Crippen molar-refractivity contribution in [2.24, 2.45) is 5.92 Å². The molecule has 1 N–H and O–H groups in total. The van der Waals surface area contributed by atoms with E-state index in [0.717, 1.165) is 30.8 Å². The van der Waals surface area contributed by atoms with Crippen molar-refractivity contribution in [2.75, 3.05) is 25.1 Å². The van der Waals surface area contributed by atoms with Gasteiger partial charge < -0.3 is 9.84 Å². The van der Waals surface area contributed by atoms with Gasteiger partial charge in [0.05, 0.1) is 24.3 Å². The van der Waals surface area contributed by atoms with Crippen LogP contribution in [0.15, 0.2) is 48.1 Å². The van der Waals surface area contributed by atoms with Crippen molar-refractivity contribution < 1.29 is 14.6 Å². The molecular formula is C20H22N2O3. The van der Waals surface area contributed by atoms with Crippen molar-refractivity contribution in [1.29, 1.82) is 0 Å². The fourth-order valence-electron chi connectivity index (χ4n) is 6.00. The lowest BCUT2D eigenvalue weighted by Crippen LogP contribution is -2.69. The molecule has 2 fully saturated rings. The van der Waals surface area contributed by atoms with E-state index in [0.29, 0.717) is 0 Å². The van der Waals surface area contributed by atoms with Crippen LogP contribution in [0, 0.1) is 5.92 Å². The number of methoxy groups -OCH3 is 1. The Morgan fingerprint density at radius 2 is 2.16 bits per heavy atom. The number of aliphatic hydroxyl groups excluding tert-OH is 1. The van der Waals surface area contributed by atoms with E-state index < -0.39 is 17.2 Å². The second-order valence-electron chi connectivity index (χ2n) is 7.36. The monoisotopic (exact) mass is 338 g/mol. The first-order valence-corrected chi connectivity index (χ1v) is 8.87. The molecule has 5 heteroatoms. The van der Waals surface area contributed by atoms with E-state index in [1.807, 2.05) is 29.2 Å². The van der Waals surface area contributed by atoms with Gasteiger partial charge in [-0.25, -0.2) is 4.79 Å². The molecule has 1 aromatic rings. The first-order valence-electron chi connectivity index (χ1n) is 8.87. The van der Waals surface area contributed by atoms with E-state index in [2.05, 4.69) is 30.0 Å². The molecule has 0 aromatic heterocycles. The number of aliphatic hydroxyl groups is 1. The first kappa shape index (κ1) is 15.2. The smallest absolute Gasteiger partial charge is 0.415 e. The molecule has 5 nitrogen and oxygen atoms in total. The van der Waals surface area contributed by atoms with E-state index in [4.69, 9.17) is 4.74 Å². The van der Waals surface area contributed by atoms with E-state index in [1.54, 1.807) is 0 Å². The zero-order valence-corrected chi connectivity index (χ0v) is 14.5. The summed E-state index contributed by atoms with van der Waals surface area (Å²) in [7, 11) is 1.43. The Bertz CT molecular complexity index is 832. The van der Waals surface area contributed by atoms with Gasteiger partial charge in [-0.05, 0) is 30.5 Å². The van der Waals surface area contributed by atoms with Gasteiger partial charge in [-0.3, -0.25) is 9.80 Å². The molecule has 3 heterocycles. The minimum Gasteiger partial charge on any atom is -0.452 e. The normalized spacial score (nSPS) is 39.5. The average molecular weight is 338 g/mol. The largest absolute Gasteiger partial charge is 0.452 e. The van der Waals surface area contributed by atoms with Gasteiger partial charge in [-0.2, -0.15) is 0 Å². The highest BCUT2D eigenvalue weighted by Crippen LogP contribution is 2.68. The molecule has 0 radical (unpaired) electrons. The van der Waals surface area contributed by atoms with Crippen LogP contribution in [0.2, 0.25) is 0 Å². The molecule has 4 aliphatic rings. The second kappa shape index (κ2) is 4.74. The topological polar surface area (TPSA) is 53.0 Å².